The number of nitrogens with zero attached hydrogens (tertiary/aromatic N) is 8. The zero-order valence-corrected chi connectivity index (χ0v) is 49.5. The van der Waals surface area contributed by atoms with E-state index in [9.17, 15) is 0 Å². The summed E-state index contributed by atoms with van der Waals surface area (Å²) in [5.41, 5.74) is 13.9. The fraction of sp³-hybridized carbons (Fsp3) is 0.500. The predicted molar refractivity (Wildman–Crippen MR) is 304 cm³/mol. The van der Waals surface area contributed by atoms with Crippen molar-refractivity contribution < 1.29 is 16.5 Å². The Morgan fingerprint density at radius 2 is 0.534 bits per heavy atom. The molecule has 4 aromatic carbocycles. The third-order valence-electron chi connectivity index (χ3n) is 14.8. The number of hydrogen-bond donors (Lipinski definition) is 0. The van der Waals surface area contributed by atoms with E-state index in [2.05, 4.69) is 215 Å². The number of aromatic nitrogens is 8. The van der Waals surface area contributed by atoms with E-state index < -0.39 is 0 Å². The van der Waals surface area contributed by atoms with Gasteiger partial charge in [-0.05, 0) is 134 Å². The van der Waals surface area contributed by atoms with Crippen molar-refractivity contribution in [1.29, 1.82) is 0 Å². The number of rotatable bonds is 0. The number of hydrogen-bond acceptors (Lipinski definition) is 6. The summed E-state index contributed by atoms with van der Waals surface area (Å²) in [6.07, 6.45) is 0. The van der Waals surface area contributed by atoms with Crippen LogP contribution < -0.4 is 9.97 Å². The van der Waals surface area contributed by atoms with Crippen LogP contribution in [-0.4, -0.2) is 29.9 Å². The van der Waals surface area contributed by atoms with Gasteiger partial charge in [-0.15, -0.1) is 0 Å². The van der Waals surface area contributed by atoms with Crippen molar-refractivity contribution in [3.05, 3.63) is 93.0 Å². The second-order valence-electron chi connectivity index (χ2n) is 29.3. The van der Waals surface area contributed by atoms with Crippen LogP contribution in [0.15, 0.2) is 48.5 Å². The van der Waals surface area contributed by atoms with Gasteiger partial charge in [-0.2, -0.15) is 0 Å². The quantitative estimate of drug-likeness (QED) is 0.138. The summed E-state index contributed by atoms with van der Waals surface area (Å²) in [4.78, 5) is 44.7. The van der Waals surface area contributed by atoms with Crippen LogP contribution >= 0.6 is 0 Å². The monoisotopic (exact) mass is 1020 g/mol. The molecule has 8 nitrogen and oxygen atoms in total. The largest absolute Gasteiger partial charge is 2.00 e. The molecule has 2 aliphatic rings. The minimum Gasteiger partial charge on any atom is -0.357 e. The van der Waals surface area contributed by atoms with Gasteiger partial charge in [0, 0.05) is 44.8 Å². The maximum absolute atomic E-state index is 5.67. The normalized spacial score (nSPS) is 13.9. The Hall–Kier alpha value is -5.27. The number of fused-ring (bicyclic) bond motifs is 20. The van der Waals surface area contributed by atoms with Gasteiger partial charge in [0.2, 0.25) is 0 Å². The standard InChI is InChI=1S/C64H80N8.Ni/c1-57(2,3)33-25-37-45(41(29-33)61(13,14)15)53-67-49(37)65-50-38-26-34(58(4,5)6)30-42(62(16,17)18)46(38)55(68-50)72-56-48-40(28-36(60(10,11)12)32-44(48)64(22,23)24)52(70-56)66-51-39-27-35(59(7,8)9)31-43(63(19,20)21)47(39)54(69-51)71-53;/h25-32H,1-24H3;/q-2;+2. The van der Waals surface area contributed by atoms with E-state index >= 15 is 0 Å². The van der Waals surface area contributed by atoms with Crippen molar-refractivity contribution in [3.8, 4) is 45.6 Å². The fourth-order valence-corrected chi connectivity index (χ4v) is 10.3. The Balaban J connectivity index is 0.00000711. The molecule has 0 saturated carbocycles. The Kier molecular flexibility index (Phi) is 12.5. The van der Waals surface area contributed by atoms with Crippen molar-refractivity contribution in [2.45, 2.75) is 209 Å². The molecular weight excluding hydrogens is 939 g/mol. The average Bonchev–Trinajstić information content (AvgIpc) is 3.95. The first-order valence-electron chi connectivity index (χ1n) is 26.2. The zero-order chi connectivity index (χ0) is 53.2. The molecule has 73 heavy (non-hydrogen) atoms. The van der Waals surface area contributed by atoms with Gasteiger partial charge in [-0.3, -0.25) is 0 Å². The smallest absolute Gasteiger partial charge is 0.357 e. The summed E-state index contributed by atoms with van der Waals surface area (Å²) in [6.45, 7) is 54.6. The van der Waals surface area contributed by atoms with Gasteiger partial charge in [-0.25, -0.2) is 9.97 Å². The van der Waals surface area contributed by atoms with E-state index in [4.69, 9.17) is 39.9 Å². The SMILES string of the molecule is CC(C)(C)c1cc2c(c(C(C)(C)C)c1)-c1nc-2nc2[n-]c(nc3nc(nc4[n-]c(n1)c1c(C(C)(C)C)cc(C(C)(C)C)cc41)-c1cc(C(C)(C)C)cc(C(C)(C)C)c1-3)c1c(C(C)(C)C)cc(C(C)(C)C)cc21.[Ni+2]. The van der Waals surface area contributed by atoms with E-state index in [1.54, 1.807) is 0 Å². The molecule has 0 atom stereocenters. The van der Waals surface area contributed by atoms with Crippen LogP contribution in [0, 0.1) is 0 Å². The summed E-state index contributed by atoms with van der Waals surface area (Å²) in [7, 11) is 0. The topological polar surface area (TPSA) is 106 Å². The first-order chi connectivity index (χ1) is 32.7. The molecule has 2 aliphatic heterocycles. The van der Waals surface area contributed by atoms with Gasteiger partial charge in [0.15, 0.2) is 0 Å². The molecule has 0 radical (unpaired) electrons. The van der Waals surface area contributed by atoms with E-state index in [1.807, 2.05) is 0 Å². The van der Waals surface area contributed by atoms with E-state index in [0.29, 0.717) is 45.9 Å². The van der Waals surface area contributed by atoms with Crippen molar-refractivity contribution in [2.75, 3.05) is 0 Å². The molecule has 0 amide bonds. The second kappa shape index (κ2) is 16.9. The van der Waals surface area contributed by atoms with Crippen molar-refractivity contribution in [1.82, 2.24) is 39.9 Å². The van der Waals surface area contributed by atoms with E-state index in [1.165, 1.54) is 22.3 Å². The average molecular weight is 1020 g/mol. The Morgan fingerprint density at radius 1 is 0.274 bits per heavy atom. The maximum atomic E-state index is 5.67. The molecule has 8 bridgehead atoms. The summed E-state index contributed by atoms with van der Waals surface area (Å²) >= 11 is 0. The molecule has 0 unspecified atom stereocenters. The van der Waals surface area contributed by atoms with Gasteiger partial charge < -0.3 is 29.9 Å². The van der Waals surface area contributed by atoms with Crippen LogP contribution in [0.3, 0.4) is 0 Å². The minimum atomic E-state index is -0.267. The molecule has 7 aromatic rings. The van der Waals surface area contributed by atoms with Crippen molar-refractivity contribution in [2.24, 2.45) is 0 Å². The van der Waals surface area contributed by atoms with Crippen LogP contribution in [0.4, 0.5) is 0 Å². The van der Waals surface area contributed by atoms with Crippen LogP contribution in [-0.2, 0) is 59.8 Å². The third-order valence-corrected chi connectivity index (χ3v) is 14.8. The summed E-state index contributed by atoms with van der Waals surface area (Å²) < 4.78 is 0. The van der Waals surface area contributed by atoms with Crippen molar-refractivity contribution in [3.63, 3.8) is 0 Å². The Morgan fingerprint density at radius 3 is 0.808 bits per heavy atom. The fourth-order valence-electron chi connectivity index (χ4n) is 10.3. The van der Waals surface area contributed by atoms with E-state index in [-0.39, 0.29) is 59.8 Å². The molecule has 0 N–H and O–H groups in total. The molecule has 0 fully saturated rings. The molecule has 5 heterocycles. The molecule has 0 spiro atoms. The Bertz CT molecular complexity index is 3340. The molecule has 3 aromatic heterocycles. The van der Waals surface area contributed by atoms with Gasteiger partial charge >= 0.3 is 16.5 Å². The Labute approximate surface area is 446 Å². The van der Waals surface area contributed by atoms with Gasteiger partial charge in [-0.1, -0.05) is 190 Å². The minimum absolute atomic E-state index is 0. The van der Waals surface area contributed by atoms with Gasteiger partial charge in [0.1, 0.15) is 0 Å². The molecule has 9 heteroatoms. The first-order valence-corrected chi connectivity index (χ1v) is 26.2. The summed E-state index contributed by atoms with van der Waals surface area (Å²) in [5.74, 6) is 2.32. The first kappa shape index (κ1) is 54.0. The molecule has 9 rings (SSSR count). The summed E-state index contributed by atoms with van der Waals surface area (Å²) in [6, 6.07) is 18.6. The zero-order valence-electron chi connectivity index (χ0n) is 48.5. The third kappa shape index (κ3) is 9.59. The molecule has 0 saturated heterocycles. The van der Waals surface area contributed by atoms with Crippen LogP contribution in [0.1, 0.15) is 211 Å². The predicted octanol–water partition coefficient (Wildman–Crippen LogP) is 16.5. The summed E-state index contributed by atoms with van der Waals surface area (Å²) in [5, 5.41) is 3.83. The van der Waals surface area contributed by atoms with Crippen molar-refractivity contribution >= 4 is 44.1 Å². The molecule has 386 valence electrons. The van der Waals surface area contributed by atoms with Crippen LogP contribution in [0.5, 0.6) is 0 Å². The van der Waals surface area contributed by atoms with Crippen LogP contribution in [0.25, 0.3) is 89.7 Å². The molecule has 0 aliphatic carbocycles. The van der Waals surface area contributed by atoms with Gasteiger partial charge in [0.05, 0.1) is 23.3 Å². The van der Waals surface area contributed by atoms with Crippen LogP contribution in [0.2, 0.25) is 0 Å². The second-order valence-corrected chi connectivity index (χ2v) is 29.3. The van der Waals surface area contributed by atoms with E-state index in [0.717, 1.165) is 66.1 Å². The molecular formula is C64H80N8Ni. The maximum Gasteiger partial charge on any atom is 2.00 e. The van der Waals surface area contributed by atoms with Gasteiger partial charge in [0.25, 0.3) is 0 Å². The number of benzene rings is 4.